The number of halogens is 3. The number of rotatable bonds is 5. The molecule has 1 atom stereocenters. The zero-order valence-electron chi connectivity index (χ0n) is 10.4. The highest BCUT2D eigenvalue weighted by molar-refractivity contribution is 7.89. The van der Waals surface area contributed by atoms with Crippen LogP contribution in [0.3, 0.4) is 0 Å². The Hall–Kier alpha value is -1.69. The van der Waals surface area contributed by atoms with Gasteiger partial charge in [-0.05, 0) is 24.3 Å². The second-order valence-corrected chi connectivity index (χ2v) is 5.62. The standard InChI is InChI=1S/C10H12F3N3O4S/c11-10(12,13)6-1-3-7(4-2-6)21(19,20)16-8(5-14)9(17)15-18/h1-4,8,16,18H,5,14H2,(H,15,17). The Morgan fingerprint density at radius 2 is 1.81 bits per heavy atom. The van der Waals surface area contributed by atoms with E-state index in [1.54, 1.807) is 0 Å². The van der Waals surface area contributed by atoms with Crippen LogP contribution < -0.4 is 15.9 Å². The van der Waals surface area contributed by atoms with Crippen molar-refractivity contribution in [3.63, 3.8) is 0 Å². The molecular formula is C10H12F3N3O4S. The van der Waals surface area contributed by atoms with Gasteiger partial charge in [0, 0.05) is 6.54 Å². The van der Waals surface area contributed by atoms with E-state index in [2.05, 4.69) is 0 Å². The lowest BCUT2D eigenvalue weighted by Crippen LogP contribution is -2.49. The zero-order valence-corrected chi connectivity index (χ0v) is 11.2. The lowest BCUT2D eigenvalue weighted by Gasteiger charge is -2.15. The van der Waals surface area contributed by atoms with E-state index in [9.17, 15) is 26.4 Å². The quantitative estimate of drug-likeness (QED) is 0.441. The third-order valence-corrected chi connectivity index (χ3v) is 3.94. The molecule has 118 valence electrons. The fraction of sp³-hybridized carbons (Fsp3) is 0.300. The number of hydrogen-bond donors (Lipinski definition) is 4. The zero-order chi connectivity index (χ0) is 16.3. The van der Waals surface area contributed by atoms with Crippen molar-refractivity contribution in [1.82, 2.24) is 10.2 Å². The van der Waals surface area contributed by atoms with Crippen LogP contribution >= 0.6 is 0 Å². The summed E-state index contributed by atoms with van der Waals surface area (Å²) < 4.78 is 62.7. The van der Waals surface area contributed by atoms with Crippen LogP contribution in [-0.2, 0) is 21.0 Å². The fourth-order valence-electron chi connectivity index (χ4n) is 1.36. The van der Waals surface area contributed by atoms with Crippen LogP contribution in [0.4, 0.5) is 13.2 Å². The molecule has 21 heavy (non-hydrogen) atoms. The summed E-state index contributed by atoms with van der Waals surface area (Å²) in [7, 11) is -4.26. The van der Waals surface area contributed by atoms with Crippen LogP contribution in [0.1, 0.15) is 5.56 Å². The summed E-state index contributed by atoms with van der Waals surface area (Å²) >= 11 is 0. The SMILES string of the molecule is NCC(NS(=O)(=O)c1ccc(C(F)(F)F)cc1)C(=O)NO. The molecule has 0 aliphatic heterocycles. The molecule has 5 N–H and O–H groups in total. The number of hydroxylamine groups is 1. The molecule has 0 aliphatic rings. The van der Waals surface area contributed by atoms with Crippen molar-refractivity contribution in [2.45, 2.75) is 17.1 Å². The van der Waals surface area contributed by atoms with Crippen molar-refractivity contribution in [3.05, 3.63) is 29.8 Å². The van der Waals surface area contributed by atoms with Gasteiger partial charge in [-0.15, -0.1) is 0 Å². The predicted octanol–water partition coefficient (Wildman–Crippen LogP) is -0.184. The largest absolute Gasteiger partial charge is 0.416 e. The molecule has 11 heteroatoms. The van der Waals surface area contributed by atoms with Gasteiger partial charge in [0.2, 0.25) is 10.0 Å². The first kappa shape index (κ1) is 17.4. The van der Waals surface area contributed by atoms with Gasteiger partial charge in [0.05, 0.1) is 10.5 Å². The molecule has 0 saturated carbocycles. The Bertz CT molecular complexity index is 601. The molecule has 7 nitrogen and oxygen atoms in total. The van der Waals surface area contributed by atoms with E-state index in [0.717, 1.165) is 12.1 Å². The lowest BCUT2D eigenvalue weighted by molar-refractivity contribution is -0.137. The number of amides is 1. The first-order valence-electron chi connectivity index (χ1n) is 5.45. The number of carbonyl (C=O) groups excluding carboxylic acids is 1. The topological polar surface area (TPSA) is 122 Å². The predicted molar refractivity (Wildman–Crippen MR) is 64.5 cm³/mol. The normalized spacial score (nSPS) is 13.8. The molecule has 0 radical (unpaired) electrons. The molecule has 0 fully saturated rings. The van der Waals surface area contributed by atoms with E-state index in [1.165, 1.54) is 5.48 Å². The van der Waals surface area contributed by atoms with Crippen molar-refractivity contribution in [2.24, 2.45) is 5.73 Å². The molecule has 0 aliphatic carbocycles. The minimum atomic E-state index is -4.59. The number of nitrogens with one attached hydrogen (secondary N) is 2. The monoisotopic (exact) mass is 327 g/mol. The second-order valence-electron chi connectivity index (χ2n) is 3.91. The van der Waals surface area contributed by atoms with Gasteiger partial charge in [0.1, 0.15) is 6.04 Å². The molecule has 1 aromatic rings. The fourth-order valence-corrected chi connectivity index (χ4v) is 2.57. The first-order valence-corrected chi connectivity index (χ1v) is 6.93. The van der Waals surface area contributed by atoms with E-state index in [-0.39, 0.29) is 0 Å². The number of hydrogen-bond acceptors (Lipinski definition) is 5. The van der Waals surface area contributed by atoms with Gasteiger partial charge >= 0.3 is 6.18 Å². The van der Waals surface area contributed by atoms with E-state index in [0.29, 0.717) is 12.1 Å². The van der Waals surface area contributed by atoms with E-state index < -0.39 is 45.2 Å². The van der Waals surface area contributed by atoms with Crippen LogP contribution in [0.2, 0.25) is 0 Å². The van der Waals surface area contributed by atoms with E-state index in [4.69, 9.17) is 10.9 Å². The van der Waals surface area contributed by atoms with E-state index in [1.807, 2.05) is 4.72 Å². The average Bonchev–Trinajstić information content (AvgIpc) is 2.43. The van der Waals surface area contributed by atoms with Crippen LogP contribution in [0.5, 0.6) is 0 Å². The number of nitrogens with two attached hydrogens (primary N) is 1. The van der Waals surface area contributed by atoms with Crippen LogP contribution in [0.25, 0.3) is 0 Å². The molecule has 1 rings (SSSR count). The van der Waals surface area contributed by atoms with Crippen molar-refractivity contribution >= 4 is 15.9 Å². The van der Waals surface area contributed by atoms with Gasteiger partial charge < -0.3 is 5.73 Å². The molecule has 0 aromatic heterocycles. The Morgan fingerprint density at radius 3 is 2.19 bits per heavy atom. The summed E-state index contributed by atoms with van der Waals surface area (Å²) in [6.07, 6.45) is -4.59. The summed E-state index contributed by atoms with van der Waals surface area (Å²) in [5.41, 5.74) is 5.38. The molecule has 1 amide bonds. The molecular weight excluding hydrogens is 315 g/mol. The molecule has 0 saturated heterocycles. The Morgan fingerprint density at radius 1 is 1.29 bits per heavy atom. The number of benzene rings is 1. The van der Waals surface area contributed by atoms with Crippen LogP contribution in [0, 0.1) is 0 Å². The maximum atomic E-state index is 12.4. The van der Waals surface area contributed by atoms with Crippen molar-refractivity contribution < 1.29 is 31.6 Å². The Balaban J connectivity index is 3.00. The number of sulfonamides is 1. The average molecular weight is 327 g/mol. The first-order chi connectivity index (χ1) is 9.61. The summed E-state index contributed by atoms with van der Waals surface area (Å²) in [4.78, 5) is 10.6. The lowest BCUT2D eigenvalue weighted by atomic mass is 10.2. The number of alkyl halides is 3. The maximum absolute atomic E-state index is 12.4. The van der Waals surface area contributed by atoms with E-state index >= 15 is 0 Å². The third kappa shape index (κ3) is 4.39. The smallest absolute Gasteiger partial charge is 0.328 e. The highest BCUT2D eigenvalue weighted by atomic mass is 32.2. The molecule has 0 bridgehead atoms. The summed E-state index contributed by atoms with van der Waals surface area (Å²) in [6.45, 7) is -0.452. The highest BCUT2D eigenvalue weighted by Crippen LogP contribution is 2.29. The van der Waals surface area contributed by atoms with Gasteiger partial charge in [-0.3, -0.25) is 10.0 Å². The van der Waals surface area contributed by atoms with Gasteiger partial charge in [-0.25, -0.2) is 13.9 Å². The van der Waals surface area contributed by atoms with Crippen molar-refractivity contribution in [2.75, 3.05) is 6.54 Å². The Kier molecular flexibility index (Phi) is 5.28. The van der Waals surface area contributed by atoms with Crippen molar-refractivity contribution in [1.29, 1.82) is 0 Å². The number of carbonyl (C=O) groups is 1. The molecule has 1 unspecified atom stereocenters. The third-order valence-electron chi connectivity index (χ3n) is 2.45. The maximum Gasteiger partial charge on any atom is 0.416 e. The minimum Gasteiger partial charge on any atom is -0.328 e. The van der Waals surface area contributed by atoms with Crippen molar-refractivity contribution in [3.8, 4) is 0 Å². The second kappa shape index (κ2) is 6.39. The van der Waals surface area contributed by atoms with Gasteiger partial charge in [-0.1, -0.05) is 0 Å². The summed E-state index contributed by atoms with van der Waals surface area (Å²) in [5, 5.41) is 8.41. The van der Waals surface area contributed by atoms with Crippen LogP contribution in [0.15, 0.2) is 29.2 Å². The van der Waals surface area contributed by atoms with Gasteiger partial charge in [-0.2, -0.15) is 17.9 Å². The highest BCUT2D eigenvalue weighted by Gasteiger charge is 2.31. The summed E-state index contributed by atoms with van der Waals surface area (Å²) in [5.74, 6) is -1.09. The summed E-state index contributed by atoms with van der Waals surface area (Å²) in [6, 6.07) is 1.23. The van der Waals surface area contributed by atoms with Gasteiger partial charge in [0.25, 0.3) is 5.91 Å². The molecule has 1 aromatic carbocycles. The molecule has 0 heterocycles. The van der Waals surface area contributed by atoms with Gasteiger partial charge in [0.15, 0.2) is 0 Å². The van der Waals surface area contributed by atoms with Crippen LogP contribution in [-0.4, -0.2) is 32.1 Å². The minimum absolute atomic E-state index is 0.452. The molecule has 0 spiro atoms. The Labute approximate surface area is 117 Å².